The molecule has 2 N–H and O–H groups in total. The predicted molar refractivity (Wildman–Crippen MR) is 139 cm³/mol. The molecule has 0 unspecified atom stereocenters. The van der Waals surface area contributed by atoms with E-state index in [0.717, 1.165) is 6.42 Å². The Morgan fingerprint density at radius 2 is 1.38 bits per heavy atom. The molecule has 0 atom stereocenters. The highest BCUT2D eigenvalue weighted by atomic mass is 16.5. The van der Waals surface area contributed by atoms with E-state index in [0.29, 0.717) is 47.2 Å². The predicted octanol–water partition coefficient (Wildman–Crippen LogP) is 3.97. The summed E-state index contributed by atoms with van der Waals surface area (Å²) in [4.78, 5) is 36.5. The maximum atomic E-state index is 12.3. The lowest BCUT2D eigenvalue weighted by atomic mass is 10.2. The minimum absolute atomic E-state index is 0.231. The van der Waals surface area contributed by atoms with Crippen LogP contribution in [0.25, 0.3) is 0 Å². The highest BCUT2D eigenvalue weighted by Gasteiger charge is 2.10. The van der Waals surface area contributed by atoms with Gasteiger partial charge in [-0.15, -0.1) is 0 Å². The van der Waals surface area contributed by atoms with Crippen LogP contribution >= 0.6 is 0 Å². The van der Waals surface area contributed by atoms with E-state index >= 15 is 0 Å². The Morgan fingerprint density at radius 3 is 2.00 bits per heavy atom. The van der Waals surface area contributed by atoms with Gasteiger partial charge in [-0.3, -0.25) is 9.59 Å². The van der Waals surface area contributed by atoms with E-state index in [9.17, 15) is 14.4 Å². The van der Waals surface area contributed by atoms with Crippen LogP contribution in [-0.2, 0) is 4.79 Å². The number of hydrazone groups is 1. The fraction of sp³-hybridized carbons (Fsp3) is 0.214. The fourth-order valence-corrected chi connectivity index (χ4v) is 3.05. The zero-order chi connectivity index (χ0) is 26.5. The normalized spacial score (nSPS) is 10.5. The van der Waals surface area contributed by atoms with Crippen molar-refractivity contribution in [1.82, 2.24) is 10.7 Å². The second kappa shape index (κ2) is 14.0. The van der Waals surface area contributed by atoms with Crippen molar-refractivity contribution >= 4 is 24.0 Å². The van der Waals surface area contributed by atoms with Gasteiger partial charge < -0.3 is 19.5 Å². The van der Waals surface area contributed by atoms with E-state index in [-0.39, 0.29) is 12.5 Å². The molecule has 9 heteroatoms. The Balaban J connectivity index is 1.41. The van der Waals surface area contributed by atoms with Gasteiger partial charge in [0.15, 0.2) is 0 Å². The van der Waals surface area contributed by atoms with Gasteiger partial charge in [0.1, 0.15) is 17.2 Å². The minimum Gasteiger partial charge on any atom is -0.494 e. The standard InChI is InChI=1S/C28H29N3O6/c1-3-17-36-24-13-7-21(8-14-24)27(33)29-19-26(32)31-30-18-20-5-11-25(12-6-20)37-28(34)22-9-15-23(16-10-22)35-4-2/h5-16,18H,3-4,17,19H2,1-2H3,(H,29,33)(H,31,32)/b30-18-. The van der Waals surface area contributed by atoms with Crippen LogP contribution in [0.1, 0.15) is 46.5 Å². The largest absolute Gasteiger partial charge is 0.494 e. The molecule has 0 radical (unpaired) electrons. The molecule has 0 aromatic heterocycles. The van der Waals surface area contributed by atoms with Crippen molar-refractivity contribution in [2.45, 2.75) is 20.3 Å². The van der Waals surface area contributed by atoms with Gasteiger partial charge in [0.05, 0.1) is 31.5 Å². The average Bonchev–Trinajstić information content (AvgIpc) is 2.92. The molecule has 0 saturated heterocycles. The fourth-order valence-electron chi connectivity index (χ4n) is 3.05. The molecule has 0 bridgehead atoms. The molecule has 0 heterocycles. The molecular weight excluding hydrogens is 474 g/mol. The summed E-state index contributed by atoms with van der Waals surface area (Å²) in [5.74, 6) is 0.390. The maximum absolute atomic E-state index is 12.3. The zero-order valence-electron chi connectivity index (χ0n) is 20.7. The number of carbonyl (C=O) groups is 3. The monoisotopic (exact) mass is 503 g/mol. The molecule has 0 spiro atoms. The van der Waals surface area contributed by atoms with Crippen molar-refractivity contribution in [2.24, 2.45) is 5.10 Å². The summed E-state index contributed by atoms with van der Waals surface area (Å²) >= 11 is 0. The third kappa shape index (κ3) is 8.81. The van der Waals surface area contributed by atoms with Crippen molar-refractivity contribution < 1.29 is 28.6 Å². The van der Waals surface area contributed by atoms with Crippen molar-refractivity contribution in [3.63, 3.8) is 0 Å². The van der Waals surface area contributed by atoms with Crippen LogP contribution < -0.4 is 25.0 Å². The van der Waals surface area contributed by atoms with Crippen molar-refractivity contribution in [3.05, 3.63) is 89.5 Å². The number of nitrogens with zero attached hydrogens (tertiary/aromatic N) is 1. The Morgan fingerprint density at radius 1 is 0.784 bits per heavy atom. The molecule has 0 aliphatic carbocycles. The summed E-state index contributed by atoms with van der Waals surface area (Å²) in [7, 11) is 0. The molecule has 0 aliphatic rings. The number of amides is 2. The smallest absolute Gasteiger partial charge is 0.343 e. The highest BCUT2D eigenvalue weighted by molar-refractivity contribution is 5.96. The number of ether oxygens (including phenoxy) is 3. The van der Waals surface area contributed by atoms with Crippen molar-refractivity contribution in [3.8, 4) is 17.2 Å². The molecule has 3 aromatic rings. The van der Waals surface area contributed by atoms with Gasteiger partial charge in [-0.25, -0.2) is 10.2 Å². The Kier molecular flexibility index (Phi) is 10.2. The van der Waals surface area contributed by atoms with Crippen LogP contribution in [0, 0.1) is 0 Å². The maximum Gasteiger partial charge on any atom is 0.343 e. The van der Waals surface area contributed by atoms with Gasteiger partial charge >= 0.3 is 5.97 Å². The van der Waals surface area contributed by atoms with Crippen LogP contribution in [0.2, 0.25) is 0 Å². The first-order chi connectivity index (χ1) is 18.0. The van der Waals surface area contributed by atoms with E-state index in [4.69, 9.17) is 14.2 Å². The number of esters is 1. The van der Waals surface area contributed by atoms with Gasteiger partial charge in [0.2, 0.25) is 0 Å². The average molecular weight is 504 g/mol. The second-order valence-corrected chi connectivity index (χ2v) is 7.76. The first-order valence-corrected chi connectivity index (χ1v) is 11.9. The van der Waals surface area contributed by atoms with E-state index in [1.54, 1.807) is 72.8 Å². The number of nitrogens with one attached hydrogen (secondary N) is 2. The number of hydrogen-bond acceptors (Lipinski definition) is 7. The third-order valence-corrected chi connectivity index (χ3v) is 4.89. The number of hydrogen-bond donors (Lipinski definition) is 2. The summed E-state index contributed by atoms with van der Waals surface area (Å²) in [6.07, 6.45) is 2.33. The first kappa shape index (κ1) is 26.9. The van der Waals surface area contributed by atoms with Crippen LogP contribution in [0.15, 0.2) is 77.9 Å². The molecule has 2 amide bonds. The number of rotatable bonds is 12. The lowest BCUT2D eigenvalue weighted by molar-refractivity contribution is -0.120. The highest BCUT2D eigenvalue weighted by Crippen LogP contribution is 2.16. The Labute approximate surface area is 215 Å². The molecular formula is C28H29N3O6. The Hall–Kier alpha value is -4.66. The lowest BCUT2D eigenvalue weighted by Gasteiger charge is -2.07. The van der Waals surface area contributed by atoms with Gasteiger partial charge in [-0.2, -0.15) is 5.10 Å². The van der Waals surface area contributed by atoms with Crippen LogP contribution in [0.5, 0.6) is 17.2 Å². The second-order valence-electron chi connectivity index (χ2n) is 7.76. The topological polar surface area (TPSA) is 115 Å². The third-order valence-electron chi connectivity index (χ3n) is 4.89. The SMILES string of the molecule is CCCOc1ccc(C(=O)NCC(=O)N/N=C\c2ccc(OC(=O)c3ccc(OCC)cc3)cc2)cc1. The number of benzene rings is 3. The van der Waals surface area contributed by atoms with Crippen molar-refractivity contribution in [1.29, 1.82) is 0 Å². The molecule has 0 saturated carbocycles. The quantitative estimate of drug-likeness (QED) is 0.167. The van der Waals surface area contributed by atoms with Crippen LogP contribution in [0.4, 0.5) is 0 Å². The molecule has 3 rings (SSSR count). The van der Waals surface area contributed by atoms with Crippen LogP contribution in [0.3, 0.4) is 0 Å². The van der Waals surface area contributed by atoms with E-state index in [1.165, 1.54) is 6.21 Å². The van der Waals surface area contributed by atoms with Gasteiger partial charge in [0.25, 0.3) is 11.8 Å². The van der Waals surface area contributed by atoms with Gasteiger partial charge in [0, 0.05) is 5.56 Å². The number of carbonyl (C=O) groups excluding carboxylic acids is 3. The molecule has 37 heavy (non-hydrogen) atoms. The first-order valence-electron chi connectivity index (χ1n) is 11.9. The van der Waals surface area contributed by atoms with E-state index < -0.39 is 11.9 Å². The van der Waals surface area contributed by atoms with E-state index in [1.807, 2.05) is 13.8 Å². The zero-order valence-corrected chi connectivity index (χ0v) is 20.7. The molecule has 0 aliphatic heterocycles. The summed E-state index contributed by atoms with van der Waals surface area (Å²) < 4.78 is 16.2. The summed E-state index contributed by atoms with van der Waals surface area (Å²) in [6.45, 7) is 4.82. The lowest BCUT2D eigenvalue weighted by Crippen LogP contribution is -2.34. The summed E-state index contributed by atoms with van der Waals surface area (Å²) in [6, 6.07) is 20.0. The molecule has 9 nitrogen and oxygen atoms in total. The molecule has 192 valence electrons. The van der Waals surface area contributed by atoms with E-state index in [2.05, 4.69) is 15.8 Å². The van der Waals surface area contributed by atoms with Gasteiger partial charge in [-0.05, 0) is 91.7 Å². The minimum atomic E-state index is -0.487. The summed E-state index contributed by atoms with van der Waals surface area (Å²) in [5, 5.41) is 6.42. The summed E-state index contributed by atoms with van der Waals surface area (Å²) in [5.41, 5.74) is 3.85. The van der Waals surface area contributed by atoms with Crippen molar-refractivity contribution in [2.75, 3.05) is 19.8 Å². The molecule has 0 fully saturated rings. The Bertz CT molecular complexity index is 1210. The molecule has 3 aromatic carbocycles. The van der Waals surface area contributed by atoms with Crippen LogP contribution in [-0.4, -0.2) is 43.8 Å². The van der Waals surface area contributed by atoms with Gasteiger partial charge in [-0.1, -0.05) is 6.92 Å².